The number of benzene rings is 1. The summed E-state index contributed by atoms with van der Waals surface area (Å²) in [6.45, 7) is 5.33. The van der Waals surface area contributed by atoms with Crippen LogP contribution in [0.4, 0.5) is 0 Å². The number of carboxylic acids is 1. The molecule has 2 aromatic rings. The van der Waals surface area contributed by atoms with Crippen LogP contribution in [0, 0.1) is 18.8 Å². The van der Waals surface area contributed by atoms with Crippen LogP contribution in [0.2, 0.25) is 0 Å². The van der Waals surface area contributed by atoms with Crippen molar-refractivity contribution >= 4 is 11.9 Å². The van der Waals surface area contributed by atoms with Crippen molar-refractivity contribution in [3.8, 4) is 0 Å². The number of hydrogen-bond acceptors (Lipinski definition) is 3. The molecule has 0 bridgehead atoms. The Hall–Kier alpha value is -2.63. The number of rotatable bonds is 4. The quantitative estimate of drug-likeness (QED) is 0.927. The number of aromatic nitrogens is 2. The van der Waals surface area contributed by atoms with E-state index in [0.717, 1.165) is 11.3 Å². The number of piperidine rings is 1. The van der Waals surface area contributed by atoms with Crippen molar-refractivity contribution in [2.45, 2.75) is 26.8 Å². The fraction of sp³-hybridized carbons (Fsp3) is 0.421. The Labute approximate surface area is 147 Å². The highest BCUT2D eigenvalue weighted by atomic mass is 16.4. The van der Waals surface area contributed by atoms with Gasteiger partial charge in [0.1, 0.15) is 0 Å². The summed E-state index contributed by atoms with van der Waals surface area (Å²) in [6, 6.07) is 9.95. The zero-order chi connectivity index (χ0) is 18.0. The van der Waals surface area contributed by atoms with Gasteiger partial charge < -0.3 is 10.0 Å². The van der Waals surface area contributed by atoms with Gasteiger partial charge in [0.25, 0.3) is 5.91 Å². The molecule has 132 valence electrons. The van der Waals surface area contributed by atoms with E-state index in [-0.39, 0.29) is 18.4 Å². The van der Waals surface area contributed by atoms with E-state index in [1.54, 1.807) is 11.1 Å². The third-order valence-electron chi connectivity index (χ3n) is 4.80. The van der Waals surface area contributed by atoms with Gasteiger partial charge in [-0.2, -0.15) is 5.10 Å². The van der Waals surface area contributed by atoms with E-state index in [1.807, 2.05) is 48.9 Å². The lowest BCUT2D eigenvalue weighted by atomic mass is 9.90. The van der Waals surface area contributed by atoms with E-state index in [4.69, 9.17) is 0 Å². The fourth-order valence-electron chi connectivity index (χ4n) is 3.44. The topological polar surface area (TPSA) is 75.4 Å². The molecule has 2 heterocycles. The van der Waals surface area contributed by atoms with Crippen LogP contribution >= 0.6 is 0 Å². The third kappa shape index (κ3) is 3.73. The number of likely N-dealkylation sites (tertiary alicyclic amines) is 1. The zero-order valence-electron chi connectivity index (χ0n) is 14.6. The smallest absolute Gasteiger partial charge is 0.308 e. The van der Waals surface area contributed by atoms with Crippen molar-refractivity contribution in [1.82, 2.24) is 14.7 Å². The predicted molar refractivity (Wildman–Crippen MR) is 93.3 cm³/mol. The summed E-state index contributed by atoms with van der Waals surface area (Å²) in [5.74, 6) is -1.28. The number of carboxylic acid groups (broad SMARTS) is 1. The Kier molecular flexibility index (Phi) is 4.88. The van der Waals surface area contributed by atoms with E-state index in [1.165, 1.54) is 0 Å². The van der Waals surface area contributed by atoms with Gasteiger partial charge in [0.2, 0.25) is 0 Å². The Morgan fingerprint density at radius 2 is 1.96 bits per heavy atom. The van der Waals surface area contributed by atoms with Gasteiger partial charge in [0, 0.05) is 18.8 Å². The molecule has 2 atom stereocenters. The second-order valence-electron chi connectivity index (χ2n) is 6.87. The minimum absolute atomic E-state index is 0.130. The highest BCUT2D eigenvalue weighted by Gasteiger charge is 2.33. The number of carbonyl (C=O) groups excluding carboxylic acids is 1. The molecule has 1 aromatic carbocycles. The molecule has 1 fully saturated rings. The van der Waals surface area contributed by atoms with Crippen LogP contribution in [0.5, 0.6) is 0 Å². The minimum Gasteiger partial charge on any atom is -0.481 e. The number of carbonyl (C=O) groups is 2. The Morgan fingerprint density at radius 1 is 1.24 bits per heavy atom. The van der Waals surface area contributed by atoms with Gasteiger partial charge in [-0.1, -0.05) is 37.3 Å². The van der Waals surface area contributed by atoms with E-state index >= 15 is 0 Å². The first-order chi connectivity index (χ1) is 12.0. The Balaban J connectivity index is 1.77. The summed E-state index contributed by atoms with van der Waals surface area (Å²) in [4.78, 5) is 25.9. The fourth-order valence-corrected chi connectivity index (χ4v) is 3.44. The molecule has 1 saturated heterocycles. The molecule has 1 aliphatic rings. The summed E-state index contributed by atoms with van der Waals surface area (Å²) < 4.78 is 1.81. The van der Waals surface area contributed by atoms with Crippen LogP contribution in [0.3, 0.4) is 0 Å². The van der Waals surface area contributed by atoms with Crippen molar-refractivity contribution in [1.29, 1.82) is 0 Å². The molecule has 0 saturated carbocycles. The van der Waals surface area contributed by atoms with Crippen molar-refractivity contribution < 1.29 is 14.7 Å². The summed E-state index contributed by atoms with van der Waals surface area (Å²) in [7, 11) is 0. The normalized spacial score (nSPS) is 20.5. The number of amides is 1. The van der Waals surface area contributed by atoms with Crippen LogP contribution in [0.15, 0.2) is 36.5 Å². The molecular formula is C19H23N3O3. The Bertz CT molecular complexity index is 769. The second kappa shape index (κ2) is 7.09. The van der Waals surface area contributed by atoms with Gasteiger partial charge in [0.15, 0.2) is 0 Å². The van der Waals surface area contributed by atoms with Gasteiger partial charge in [-0.05, 0) is 24.8 Å². The molecule has 1 aromatic heterocycles. The summed E-state index contributed by atoms with van der Waals surface area (Å²) in [6.07, 6.45) is 2.21. The number of nitrogens with zero attached hydrogens (tertiary/aromatic N) is 3. The zero-order valence-corrected chi connectivity index (χ0v) is 14.6. The van der Waals surface area contributed by atoms with Gasteiger partial charge in [0.05, 0.1) is 24.2 Å². The summed E-state index contributed by atoms with van der Waals surface area (Å²) in [5.41, 5.74) is 2.47. The molecular weight excluding hydrogens is 318 g/mol. The highest BCUT2D eigenvalue weighted by molar-refractivity contribution is 5.95. The van der Waals surface area contributed by atoms with Gasteiger partial charge in [-0.25, -0.2) is 0 Å². The molecule has 6 nitrogen and oxygen atoms in total. The third-order valence-corrected chi connectivity index (χ3v) is 4.80. The van der Waals surface area contributed by atoms with E-state index in [9.17, 15) is 14.7 Å². The lowest BCUT2D eigenvalue weighted by molar-refractivity contribution is -0.143. The molecule has 2 unspecified atom stereocenters. The van der Waals surface area contributed by atoms with E-state index < -0.39 is 11.9 Å². The first-order valence-electron chi connectivity index (χ1n) is 8.54. The highest BCUT2D eigenvalue weighted by Crippen LogP contribution is 2.24. The van der Waals surface area contributed by atoms with Crippen molar-refractivity contribution in [2.75, 3.05) is 13.1 Å². The lowest BCUT2D eigenvalue weighted by Gasteiger charge is -2.34. The van der Waals surface area contributed by atoms with Crippen molar-refractivity contribution in [3.05, 3.63) is 53.3 Å². The van der Waals surface area contributed by atoms with E-state index in [2.05, 4.69) is 5.10 Å². The molecule has 1 N–H and O–H groups in total. The lowest BCUT2D eigenvalue weighted by Crippen LogP contribution is -2.45. The molecule has 3 rings (SSSR count). The maximum Gasteiger partial charge on any atom is 0.308 e. The van der Waals surface area contributed by atoms with Gasteiger partial charge in [-0.3, -0.25) is 14.3 Å². The standard InChI is InChI=1S/C19H23N3O3/c1-13-8-16(19(24)25)12-21(10-13)18(23)17-9-20-22(14(17)2)11-15-6-4-3-5-7-15/h3-7,9,13,16H,8,10-12H2,1-2H3,(H,24,25). The Morgan fingerprint density at radius 3 is 2.64 bits per heavy atom. The number of hydrogen-bond donors (Lipinski definition) is 1. The predicted octanol–water partition coefficient (Wildman–Crippen LogP) is 2.42. The van der Waals surface area contributed by atoms with Crippen molar-refractivity contribution in [3.63, 3.8) is 0 Å². The van der Waals surface area contributed by atoms with Gasteiger partial charge >= 0.3 is 5.97 Å². The number of aliphatic carboxylic acids is 1. The maximum absolute atomic E-state index is 12.9. The molecule has 6 heteroatoms. The van der Waals surface area contributed by atoms with Crippen molar-refractivity contribution in [2.24, 2.45) is 11.8 Å². The monoisotopic (exact) mass is 341 g/mol. The average molecular weight is 341 g/mol. The molecule has 1 amide bonds. The first-order valence-corrected chi connectivity index (χ1v) is 8.54. The van der Waals surface area contributed by atoms with Gasteiger partial charge in [-0.15, -0.1) is 0 Å². The largest absolute Gasteiger partial charge is 0.481 e. The summed E-state index contributed by atoms with van der Waals surface area (Å²) in [5, 5.41) is 13.6. The summed E-state index contributed by atoms with van der Waals surface area (Å²) >= 11 is 0. The van der Waals surface area contributed by atoms with Crippen LogP contribution in [0.1, 0.15) is 35.0 Å². The first kappa shape index (κ1) is 17.2. The molecule has 25 heavy (non-hydrogen) atoms. The maximum atomic E-state index is 12.9. The van der Waals surface area contributed by atoms with Crippen LogP contribution in [-0.2, 0) is 11.3 Å². The molecule has 0 radical (unpaired) electrons. The van der Waals surface area contributed by atoms with E-state index in [0.29, 0.717) is 25.1 Å². The van der Waals surface area contributed by atoms with Crippen LogP contribution < -0.4 is 0 Å². The van der Waals surface area contributed by atoms with Crippen LogP contribution in [-0.4, -0.2) is 44.8 Å². The molecule has 1 aliphatic heterocycles. The minimum atomic E-state index is -0.833. The SMILES string of the molecule is Cc1c(C(=O)N2CC(C)CC(C(=O)O)C2)cnn1Cc1ccccc1. The average Bonchev–Trinajstić information content (AvgIpc) is 2.95. The van der Waals surface area contributed by atoms with Crippen LogP contribution in [0.25, 0.3) is 0 Å². The molecule has 0 spiro atoms. The molecule has 0 aliphatic carbocycles. The second-order valence-corrected chi connectivity index (χ2v) is 6.87.